The number of aryl methyl sites for hydroxylation is 2. The summed E-state index contributed by atoms with van der Waals surface area (Å²) < 4.78 is 25.2. The van der Waals surface area contributed by atoms with Gasteiger partial charge in [-0.2, -0.15) is 4.98 Å². The molecule has 0 radical (unpaired) electrons. The van der Waals surface area contributed by atoms with Crippen molar-refractivity contribution >= 4 is 16.7 Å². The summed E-state index contributed by atoms with van der Waals surface area (Å²) in [5.74, 6) is 1.57. The van der Waals surface area contributed by atoms with Crippen LogP contribution in [0.25, 0.3) is 22.4 Å². The number of pyridine rings is 1. The van der Waals surface area contributed by atoms with Gasteiger partial charge in [-0.3, -0.25) is 0 Å². The summed E-state index contributed by atoms with van der Waals surface area (Å²) in [5, 5.41) is 8.63. The van der Waals surface area contributed by atoms with Gasteiger partial charge in [-0.25, -0.2) is 9.37 Å². The average molecular weight is 426 g/mol. The monoisotopic (exact) mass is 425 g/mol. The number of rotatable bonds is 4. The van der Waals surface area contributed by atoms with Crippen molar-refractivity contribution in [3.8, 4) is 11.5 Å². The molecule has 1 N–H and O–H groups in total. The van der Waals surface area contributed by atoms with Crippen LogP contribution < -0.4 is 10.2 Å². The fourth-order valence-electron chi connectivity index (χ4n) is 4.61. The summed E-state index contributed by atoms with van der Waals surface area (Å²) in [6, 6.07) is 6.27. The average Bonchev–Trinajstić information content (AvgIpc) is 3.23. The van der Waals surface area contributed by atoms with E-state index >= 15 is 0 Å². The molecule has 31 heavy (non-hydrogen) atoms. The van der Waals surface area contributed by atoms with E-state index in [1.54, 1.807) is 19.9 Å². The number of hydrogen-bond acceptors (Lipinski definition) is 7. The molecule has 0 bridgehead atoms. The molecule has 7 nitrogen and oxygen atoms in total. The molecule has 4 heterocycles. The quantitative estimate of drug-likeness (QED) is 0.682. The Morgan fingerprint density at radius 1 is 1.03 bits per heavy atom. The second-order valence-corrected chi connectivity index (χ2v) is 8.57. The zero-order valence-corrected chi connectivity index (χ0v) is 18.0. The summed E-state index contributed by atoms with van der Waals surface area (Å²) in [6.07, 6.45) is 4.22. The highest BCUT2D eigenvalue weighted by molar-refractivity contribution is 5.89. The molecule has 5 rings (SSSR count). The Labute approximate surface area is 181 Å². The SMILES string of the molecule is Cc1noc(-c2cc3ccc(F)c(C)c3nc2N2CCC(NC3CCOCC3)CC2)n1. The summed E-state index contributed by atoms with van der Waals surface area (Å²) in [5.41, 5.74) is 2.04. The molecule has 0 aliphatic carbocycles. The Kier molecular flexibility index (Phi) is 5.58. The van der Waals surface area contributed by atoms with Crippen molar-refractivity contribution in [1.82, 2.24) is 20.4 Å². The van der Waals surface area contributed by atoms with Crippen molar-refractivity contribution in [3.63, 3.8) is 0 Å². The predicted molar refractivity (Wildman–Crippen MR) is 117 cm³/mol. The third-order valence-corrected chi connectivity index (χ3v) is 6.40. The number of hydrogen-bond donors (Lipinski definition) is 1. The molecular formula is C23H28FN5O2. The van der Waals surface area contributed by atoms with Crippen molar-refractivity contribution < 1.29 is 13.7 Å². The third kappa shape index (κ3) is 4.14. The first-order chi connectivity index (χ1) is 15.1. The van der Waals surface area contributed by atoms with Crippen LogP contribution in [0.15, 0.2) is 22.7 Å². The fraction of sp³-hybridized carbons (Fsp3) is 0.522. The van der Waals surface area contributed by atoms with Crippen molar-refractivity contribution in [2.24, 2.45) is 0 Å². The number of aromatic nitrogens is 3. The molecule has 0 spiro atoms. The highest BCUT2D eigenvalue weighted by atomic mass is 19.1. The van der Waals surface area contributed by atoms with E-state index in [0.717, 1.165) is 68.8 Å². The molecule has 1 aromatic carbocycles. The first-order valence-electron chi connectivity index (χ1n) is 11.1. The zero-order valence-electron chi connectivity index (χ0n) is 18.0. The van der Waals surface area contributed by atoms with Gasteiger partial charge in [0.05, 0.1) is 11.1 Å². The van der Waals surface area contributed by atoms with Crippen LogP contribution in [0.2, 0.25) is 0 Å². The lowest BCUT2D eigenvalue weighted by Crippen LogP contribution is -2.48. The summed E-state index contributed by atoms with van der Waals surface area (Å²) >= 11 is 0. The number of nitrogens with zero attached hydrogens (tertiary/aromatic N) is 4. The molecule has 0 unspecified atom stereocenters. The largest absolute Gasteiger partial charge is 0.381 e. The van der Waals surface area contributed by atoms with E-state index in [0.29, 0.717) is 34.9 Å². The molecule has 0 amide bonds. The van der Waals surface area contributed by atoms with Gasteiger partial charge >= 0.3 is 0 Å². The Balaban J connectivity index is 1.43. The first-order valence-corrected chi connectivity index (χ1v) is 11.1. The van der Waals surface area contributed by atoms with E-state index in [1.807, 2.05) is 6.07 Å². The van der Waals surface area contributed by atoms with Crippen molar-refractivity contribution in [1.29, 1.82) is 0 Å². The number of ether oxygens (including phenoxy) is 1. The molecule has 0 atom stereocenters. The van der Waals surface area contributed by atoms with Crippen LogP contribution in [-0.4, -0.2) is 53.5 Å². The van der Waals surface area contributed by atoms with Crippen molar-refractivity contribution in [2.75, 3.05) is 31.2 Å². The molecule has 0 saturated carbocycles. The van der Waals surface area contributed by atoms with Gasteiger partial charge in [-0.1, -0.05) is 5.16 Å². The fourth-order valence-corrected chi connectivity index (χ4v) is 4.61. The lowest BCUT2D eigenvalue weighted by molar-refractivity contribution is 0.0738. The van der Waals surface area contributed by atoms with Gasteiger partial charge in [0.15, 0.2) is 5.82 Å². The van der Waals surface area contributed by atoms with Crippen molar-refractivity contribution in [3.05, 3.63) is 35.4 Å². The van der Waals surface area contributed by atoms with E-state index in [9.17, 15) is 4.39 Å². The molecule has 2 aromatic heterocycles. The summed E-state index contributed by atoms with van der Waals surface area (Å²) in [7, 11) is 0. The molecule has 2 saturated heterocycles. The van der Waals surface area contributed by atoms with Crippen LogP contribution in [0.1, 0.15) is 37.1 Å². The molecule has 2 fully saturated rings. The Morgan fingerprint density at radius 2 is 1.77 bits per heavy atom. The molecule has 3 aromatic rings. The molecule has 2 aliphatic rings. The predicted octanol–water partition coefficient (Wildman–Crippen LogP) is 3.78. The Hall–Kier alpha value is -2.58. The minimum Gasteiger partial charge on any atom is -0.381 e. The molecule has 2 aliphatic heterocycles. The van der Waals surface area contributed by atoms with Gasteiger partial charge in [0.2, 0.25) is 0 Å². The van der Waals surface area contributed by atoms with Gasteiger partial charge < -0.3 is 19.5 Å². The van der Waals surface area contributed by atoms with Gasteiger partial charge in [-0.05, 0) is 57.7 Å². The standard InChI is InChI=1S/C23H28FN5O2/c1-14-20(24)4-3-16-13-19(23-25-15(2)28-31-23)22(27-21(14)16)29-9-5-17(6-10-29)26-18-7-11-30-12-8-18/h3-4,13,17-18,26H,5-12H2,1-2H3. The van der Waals surface area contributed by atoms with Crippen LogP contribution in [0.4, 0.5) is 10.2 Å². The second-order valence-electron chi connectivity index (χ2n) is 8.57. The topological polar surface area (TPSA) is 76.3 Å². The van der Waals surface area contributed by atoms with E-state index in [4.69, 9.17) is 14.2 Å². The number of piperidine rings is 1. The van der Waals surface area contributed by atoms with E-state index in [2.05, 4.69) is 20.4 Å². The smallest absolute Gasteiger partial charge is 0.261 e. The van der Waals surface area contributed by atoms with E-state index < -0.39 is 0 Å². The number of nitrogens with one attached hydrogen (secondary N) is 1. The van der Waals surface area contributed by atoms with Gasteiger partial charge in [0.25, 0.3) is 5.89 Å². The van der Waals surface area contributed by atoms with Crippen LogP contribution in [0, 0.1) is 19.7 Å². The maximum Gasteiger partial charge on any atom is 0.261 e. The number of fused-ring (bicyclic) bond motifs is 1. The zero-order chi connectivity index (χ0) is 21.4. The molecule has 164 valence electrons. The minimum atomic E-state index is -0.244. The molecule has 8 heteroatoms. The van der Waals surface area contributed by atoms with Crippen molar-refractivity contribution in [2.45, 2.75) is 51.6 Å². The second kappa shape index (κ2) is 8.51. The first kappa shape index (κ1) is 20.3. The molecular weight excluding hydrogens is 397 g/mol. The number of halogens is 1. The lowest BCUT2D eigenvalue weighted by Gasteiger charge is -2.36. The lowest BCUT2D eigenvalue weighted by atomic mass is 10.0. The number of benzene rings is 1. The third-order valence-electron chi connectivity index (χ3n) is 6.40. The van der Waals surface area contributed by atoms with Crippen LogP contribution >= 0.6 is 0 Å². The van der Waals surface area contributed by atoms with Gasteiger partial charge in [0.1, 0.15) is 11.6 Å². The highest BCUT2D eigenvalue weighted by Crippen LogP contribution is 2.34. The summed E-state index contributed by atoms with van der Waals surface area (Å²) in [6.45, 7) is 7.01. The van der Waals surface area contributed by atoms with Crippen LogP contribution in [0.3, 0.4) is 0 Å². The Bertz CT molecular complexity index is 1070. The van der Waals surface area contributed by atoms with Crippen LogP contribution in [-0.2, 0) is 4.74 Å². The van der Waals surface area contributed by atoms with Gasteiger partial charge in [0, 0.05) is 49.3 Å². The maximum absolute atomic E-state index is 14.2. The van der Waals surface area contributed by atoms with Gasteiger partial charge in [-0.15, -0.1) is 0 Å². The van der Waals surface area contributed by atoms with E-state index in [-0.39, 0.29) is 5.82 Å². The summed E-state index contributed by atoms with van der Waals surface area (Å²) in [4.78, 5) is 11.6. The normalized spacial score (nSPS) is 18.7. The minimum absolute atomic E-state index is 0.244. The Morgan fingerprint density at radius 3 is 2.48 bits per heavy atom. The highest BCUT2D eigenvalue weighted by Gasteiger charge is 2.27. The van der Waals surface area contributed by atoms with Crippen LogP contribution in [0.5, 0.6) is 0 Å². The number of anilines is 1. The van der Waals surface area contributed by atoms with E-state index in [1.165, 1.54) is 6.07 Å². The maximum atomic E-state index is 14.2.